The normalized spacial score (nSPS) is 22.9. The van der Waals surface area contributed by atoms with Crippen molar-refractivity contribution in [3.05, 3.63) is 22.7 Å². The topological polar surface area (TPSA) is 64.6 Å². The Morgan fingerprint density at radius 1 is 1.09 bits per heavy atom. The summed E-state index contributed by atoms with van der Waals surface area (Å²) in [6, 6.07) is 3.35. The molecule has 2 saturated heterocycles. The number of alkyl halides is 3. The second-order valence-corrected chi connectivity index (χ2v) is 10.2. The third-order valence-corrected chi connectivity index (χ3v) is 7.83. The van der Waals surface area contributed by atoms with Gasteiger partial charge in [0, 0.05) is 31.1 Å². The highest BCUT2D eigenvalue weighted by Gasteiger charge is 2.43. The largest absolute Gasteiger partial charge is 0.393 e. The summed E-state index contributed by atoms with van der Waals surface area (Å²) in [6.07, 6.45) is -1.80. The third-order valence-electron chi connectivity index (χ3n) is 6.84. The molecule has 178 valence electrons. The van der Waals surface area contributed by atoms with Crippen LogP contribution in [0.5, 0.6) is 0 Å². The first kappa shape index (κ1) is 22.2. The first-order valence-electron chi connectivity index (χ1n) is 11.3. The van der Waals surface area contributed by atoms with Gasteiger partial charge in [0.05, 0.1) is 23.3 Å². The van der Waals surface area contributed by atoms with E-state index in [0.29, 0.717) is 29.7 Å². The molecule has 0 saturated carbocycles. The van der Waals surface area contributed by atoms with Crippen LogP contribution < -0.4 is 20.0 Å². The predicted molar refractivity (Wildman–Crippen MR) is 124 cm³/mol. The Hall–Kier alpha value is -2.56. The van der Waals surface area contributed by atoms with E-state index >= 15 is 0 Å². The van der Waals surface area contributed by atoms with Crippen molar-refractivity contribution in [2.24, 2.45) is 5.92 Å². The summed E-state index contributed by atoms with van der Waals surface area (Å²) in [5.41, 5.74) is 1.73. The van der Waals surface area contributed by atoms with Gasteiger partial charge >= 0.3 is 12.2 Å². The van der Waals surface area contributed by atoms with Crippen LogP contribution in [0.15, 0.2) is 12.1 Å². The van der Waals surface area contributed by atoms with E-state index in [4.69, 9.17) is 4.98 Å². The van der Waals surface area contributed by atoms with E-state index < -0.39 is 12.1 Å². The molecule has 0 aliphatic carbocycles. The molecule has 11 heteroatoms. The fourth-order valence-corrected chi connectivity index (χ4v) is 5.79. The summed E-state index contributed by atoms with van der Waals surface area (Å²) in [5.74, 6) is -0.356. The summed E-state index contributed by atoms with van der Waals surface area (Å²) in [7, 11) is 0. The summed E-state index contributed by atoms with van der Waals surface area (Å²) >= 11 is 1.42. The number of piperidine rings is 2. The van der Waals surface area contributed by atoms with Crippen molar-refractivity contribution in [1.82, 2.24) is 9.97 Å². The first-order valence-corrected chi connectivity index (χ1v) is 12.1. The molecule has 2 fully saturated rings. The van der Waals surface area contributed by atoms with Crippen LogP contribution >= 0.6 is 11.3 Å². The molecule has 2 bridgehead atoms. The Kier molecular flexibility index (Phi) is 5.62. The van der Waals surface area contributed by atoms with Gasteiger partial charge in [-0.1, -0.05) is 0 Å². The van der Waals surface area contributed by atoms with Crippen molar-refractivity contribution in [3.63, 3.8) is 0 Å². The van der Waals surface area contributed by atoms with Gasteiger partial charge in [-0.05, 0) is 51.7 Å². The smallest absolute Gasteiger partial charge is 0.366 e. The number of aromatic nitrogens is 2. The first-order chi connectivity index (χ1) is 15.7. The maximum atomic E-state index is 13.4. The molecule has 2 aromatic rings. The highest BCUT2D eigenvalue weighted by atomic mass is 32.1. The maximum absolute atomic E-state index is 13.4. The number of rotatable bonds is 2. The molecule has 7 nitrogen and oxygen atoms in total. The highest BCUT2D eigenvalue weighted by Crippen LogP contribution is 2.41. The number of pyridine rings is 1. The molecule has 3 aliphatic rings. The lowest BCUT2D eigenvalue weighted by molar-refractivity contribution is -0.176. The number of anilines is 4. The molecule has 33 heavy (non-hydrogen) atoms. The second kappa shape index (κ2) is 8.34. The second-order valence-electron chi connectivity index (χ2n) is 9.04. The van der Waals surface area contributed by atoms with Gasteiger partial charge in [-0.15, -0.1) is 11.3 Å². The van der Waals surface area contributed by atoms with Crippen LogP contribution in [0.2, 0.25) is 0 Å². The average molecular weight is 481 g/mol. The van der Waals surface area contributed by atoms with E-state index in [2.05, 4.69) is 15.2 Å². The molecule has 2 atom stereocenters. The van der Waals surface area contributed by atoms with E-state index in [1.165, 1.54) is 11.3 Å². The van der Waals surface area contributed by atoms with E-state index in [1.54, 1.807) is 15.9 Å². The highest BCUT2D eigenvalue weighted by molar-refractivity contribution is 7.15. The van der Waals surface area contributed by atoms with Gasteiger partial charge in [-0.25, -0.2) is 14.8 Å². The number of urea groups is 1. The van der Waals surface area contributed by atoms with Gasteiger partial charge in [0.1, 0.15) is 5.82 Å². The number of carbonyl (C=O) groups is 1. The van der Waals surface area contributed by atoms with Crippen molar-refractivity contribution >= 4 is 39.8 Å². The molecular weight excluding hydrogens is 453 g/mol. The van der Waals surface area contributed by atoms with Crippen LogP contribution in [0, 0.1) is 19.8 Å². The third kappa shape index (κ3) is 4.22. The Morgan fingerprint density at radius 3 is 2.58 bits per heavy atom. The molecule has 3 aliphatic heterocycles. The van der Waals surface area contributed by atoms with Gasteiger partial charge in [-0.2, -0.15) is 13.2 Å². The van der Waals surface area contributed by atoms with Crippen LogP contribution in [0.3, 0.4) is 0 Å². The van der Waals surface area contributed by atoms with E-state index in [9.17, 15) is 18.0 Å². The quantitative estimate of drug-likeness (QED) is 0.659. The molecule has 2 amide bonds. The Balaban J connectivity index is 1.46. The summed E-state index contributed by atoms with van der Waals surface area (Å²) in [6.45, 7) is 5.87. The summed E-state index contributed by atoms with van der Waals surface area (Å²) in [4.78, 5) is 29.2. The predicted octanol–water partition coefficient (Wildman–Crippen LogP) is 4.95. The monoisotopic (exact) mass is 480 g/mol. The lowest BCUT2D eigenvalue weighted by Gasteiger charge is -2.46. The number of amides is 2. The van der Waals surface area contributed by atoms with Crippen molar-refractivity contribution in [2.45, 2.75) is 51.7 Å². The standard InChI is InChI=1S/C22H27F3N6OS/c1-13-14(2)33-20(26-13)28-21(32)31-16-6-4-9-29(12-16)17-7-8-18(27-19(17)31)30-10-3-5-15(11-30)22(23,24)25/h7-8,15-16H,3-6,9-12H2,1-2H3,(H,26,28,32)/t15?,16-/m0/s1. The molecule has 0 spiro atoms. The number of hydrogen-bond donors (Lipinski definition) is 1. The fourth-order valence-electron chi connectivity index (χ4n) is 4.98. The minimum atomic E-state index is -4.22. The fraction of sp³-hybridized carbons (Fsp3) is 0.591. The van der Waals surface area contributed by atoms with Crippen LogP contribution in [-0.4, -0.2) is 54.4 Å². The molecular formula is C22H27F3N6OS. The average Bonchev–Trinajstić information content (AvgIpc) is 3.09. The van der Waals surface area contributed by atoms with Crippen LogP contribution in [0.4, 0.5) is 40.4 Å². The molecule has 2 aromatic heterocycles. The van der Waals surface area contributed by atoms with Crippen molar-refractivity contribution in [3.8, 4) is 0 Å². The van der Waals surface area contributed by atoms with Gasteiger partial charge in [0.2, 0.25) is 0 Å². The molecule has 5 heterocycles. The zero-order valence-electron chi connectivity index (χ0n) is 18.7. The van der Waals surface area contributed by atoms with Crippen molar-refractivity contribution in [1.29, 1.82) is 0 Å². The summed E-state index contributed by atoms with van der Waals surface area (Å²) < 4.78 is 40.0. The van der Waals surface area contributed by atoms with E-state index in [1.807, 2.05) is 19.9 Å². The van der Waals surface area contributed by atoms with Crippen LogP contribution in [0.1, 0.15) is 36.3 Å². The zero-order valence-corrected chi connectivity index (χ0v) is 19.5. The van der Waals surface area contributed by atoms with E-state index in [-0.39, 0.29) is 25.0 Å². The number of aryl methyl sites for hydroxylation is 2. The number of nitrogens with zero attached hydrogens (tertiary/aromatic N) is 5. The number of hydrogen-bond acceptors (Lipinski definition) is 6. The van der Waals surface area contributed by atoms with E-state index in [0.717, 1.165) is 42.2 Å². The molecule has 0 radical (unpaired) electrons. The van der Waals surface area contributed by atoms with Crippen molar-refractivity contribution < 1.29 is 18.0 Å². The Morgan fingerprint density at radius 2 is 1.85 bits per heavy atom. The number of nitrogens with one attached hydrogen (secondary N) is 1. The Labute approximate surface area is 194 Å². The minimum Gasteiger partial charge on any atom is -0.366 e. The zero-order chi connectivity index (χ0) is 23.3. The molecule has 1 unspecified atom stereocenters. The lowest BCUT2D eigenvalue weighted by atomic mass is 9.97. The van der Waals surface area contributed by atoms with Crippen LogP contribution in [-0.2, 0) is 0 Å². The number of fused-ring (bicyclic) bond motifs is 4. The maximum Gasteiger partial charge on any atom is 0.393 e. The van der Waals surface area contributed by atoms with Gasteiger partial charge in [0.15, 0.2) is 10.9 Å². The Bertz CT molecular complexity index is 1040. The van der Waals surface area contributed by atoms with Gasteiger partial charge in [0.25, 0.3) is 0 Å². The van der Waals surface area contributed by atoms with Crippen LogP contribution in [0.25, 0.3) is 0 Å². The van der Waals surface area contributed by atoms with Gasteiger partial charge < -0.3 is 9.80 Å². The minimum absolute atomic E-state index is 0.0413. The number of halogens is 3. The number of carbonyl (C=O) groups excluding carboxylic acids is 1. The summed E-state index contributed by atoms with van der Waals surface area (Å²) in [5, 5.41) is 3.45. The van der Waals surface area contributed by atoms with Gasteiger partial charge in [-0.3, -0.25) is 10.2 Å². The lowest BCUT2D eigenvalue weighted by Crippen LogP contribution is -2.56. The van der Waals surface area contributed by atoms with Crippen molar-refractivity contribution in [2.75, 3.05) is 46.2 Å². The molecule has 5 rings (SSSR count). The number of thiazole rings is 1. The molecule has 1 N–H and O–H groups in total. The molecule has 0 aromatic carbocycles. The SMILES string of the molecule is Cc1nc(NC(=O)N2c3nc(N4CCCC(C(F)(F)F)C4)ccc3N3CCC[C@H]2C3)sc1C.